The van der Waals surface area contributed by atoms with E-state index in [1.807, 2.05) is 0 Å². The van der Waals surface area contributed by atoms with Gasteiger partial charge >= 0.3 is 5.97 Å². The molecule has 0 aliphatic heterocycles. The van der Waals surface area contributed by atoms with E-state index in [9.17, 15) is 9.59 Å². The second kappa shape index (κ2) is 6.59. The third-order valence-electron chi connectivity index (χ3n) is 1.97. The molecule has 0 spiro atoms. The lowest BCUT2D eigenvalue weighted by molar-refractivity contribution is -0.125. The van der Waals surface area contributed by atoms with Crippen molar-refractivity contribution in [1.82, 2.24) is 10.3 Å². The number of rotatable bonds is 6. The summed E-state index contributed by atoms with van der Waals surface area (Å²) in [4.78, 5) is 25.9. The summed E-state index contributed by atoms with van der Waals surface area (Å²) in [6, 6.07) is 2.82. The average molecular weight is 238 g/mol. The second-order valence-corrected chi connectivity index (χ2v) is 3.25. The molecule has 2 N–H and O–H groups in total. The fourth-order valence-electron chi connectivity index (χ4n) is 1.14. The molecule has 1 heterocycles. The van der Waals surface area contributed by atoms with Gasteiger partial charge < -0.3 is 15.2 Å². The Kier molecular flexibility index (Phi) is 5.09. The maximum Gasteiger partial charge on any atom is 0.335 e. The van der Waals surface area contributed by atoms with Crippen LogP contribution in [0.2, 0.25) is 0 Å². The molecule has 6 heteroatoms. The van der Waals surface area contributed by atoms with E-state index >= 15 is 0 Å². The van der Waals surface area contributed by atoms with Crippen LogP contribution in [-0.4, -0.2) is 35.2 Å². The lowest BCUT2D eigenvalue weighted by Gasteiger charge is -2.05. The number of nitrogens with zero attached hydrogens (tertiary/aromatic N) is 1. The number of ether oxygens (including phenoxy) is 1. The zero-order chi connectivity index (χ0) is 12.7. The number of carbonyl (C=O) groups is 2. The molecule has 0 radical (unpaired) electrons. The van der Waals surface area contributed by atoms with Crippen LogP contribution in [0.5, 0.6) is 0 Å². The Hall–Kier alpha value is -1.95. The maximum atomic E-state index is 11.2. The Bertz CT molecular complexity index is 406. The van der Waals surface area contributed by atoms with Crippen LogP contribution >= 0.6 is 0 Å². The number of carboxylic acids is 1. The van der Waals surface area contributed by atoms with Gasteiger partial charge in [-0.2, -0.15) is 0 Å². The smallest absolute Gasteiger partial charge is 0.335 e. The quantitative estimate of drug-likeness (QED) is 0.750. The van der Waals surface area contributed by atoms with E-state index in [-0.39, 0.29) is 24.6 Å². The van der Waals surface area contributed by atoms with E-state index in [0.29, 0.717) is 12.3 Å². The summed E-state index contributed by atoms with van der Waals surface area (Å²) in [6.07, 6.45) is 1.40. The molecule has 0 aliphatic rings. The standard InChI is InChI=1S/C11H14N2O4/c1-2-17-7-10(14)13-6-9-5-8(11(15)16)3-4-12-9/h3-5H,2,6-7H2,1H3,(H,13,14)(H,15,16). The number of hydrogen-bond acceptors (Lipinski definition) is 4. The number of carbonyl (C=O) groups excluding carboxylic acids is 1. The molecule has 1 amide bonds. The Morgan fingerprint density at radius 2 is 2.29 bits per heavy atom. The molecular weight excluding hydrogens is 224 g/mol. The van der Waals surface area contributed by atoms with E-state index in [1.165, 1.54) is 18.3 Å². The summed E-state index contributed by atoms with van der Waals surface area (Å²) in [7, 11) is 0. The lowest BCUT2D eigenvalue weighted by Crippen LogP contribution is -2.27. The maximum absolute atomic E-state index is 11.2. The molecule has 0 saturated heterocycles. The molecule has 0 aliphatic carbocycles. The van der Waals surface area contributed by atoms with E-state index in [0.717, 1.165) is 0 Å². The summed E-state index contributed by atoms with van der Waals surface area (Å²) in [5.41, 5.74) is 0.642. The van der Waals surface area contributed by atoms with E-state index in [1.54, 1.807) is 6.92 Å². The number of aromatic carboxylic acids is 1. The van der Waals surface area contributed by atoms with Crippen LogP contribution in [0.15, 0.2) is 18.3 Å². The molecule has 92 valence electrons. The van der Waals surface area contributed by atoms with Crippen LogP contribution in [0.25, 0.3) is 0 Å². The molecule has 6 nitrogen and oxygen atoms in total. The van der Waals surface area contributed by atoms with Gasteiger partial charge in [0.05, 0.1) is 17.8 Å². The van der Waals surface area contributed by atoms with E-state index < -0.39 is 5.97 Å². The zero-order valence-electron chi connectivity index (χ0n) is 9.47. The SMILES string of the molecule is CCOCC(=O)NCc1cc(C(=O)O)ccn1. The Labute approximate surface area is 98.6 Å². The van der Waals surface area contributed by atoms with Crippen molar-refractivity contribution < 1.29 is 19.4 Å². The molecule has 0 bridgehead atoms. The van der Waals surface area contributed by atoms with Crippen molar-refractivity contribution in [1.29, 1.82) is 0 Å². The normalized spacial score (nSPS) is 9.94. The predicted molar refractivity (Wildman–Crippen MR) is 59.5 cm³/mol. The second-order valence-electron chi connectivity index (χ2n) is 3.25. The number of aromatic nitrogens is 1. The summed E-state index contributed by atoms with van der Waals surface area (Å²) >= 11 is 0. The summed E-state index contributed by atoms with van der Waals surface area (Å²) in [5, 5.41) is 11.3. The van der Waals surface area contributed by atoms with Gasteiger partial charge in [0.1, 0.15) is 6.61 Å². The van der Waals surface area contributed by atoms with E-state index in [2.05, 4.69) is 10.3 Å². The van der Waals surface area contributed by atoms with Crippen molar-refractivity contribution >= 4 is 11.9 Å². The molecule has 1 aromatic heterocycles. The third kappa shape index (κ3) is 4.60. The predicted octanol–water partition coefficient (Wildman–Crippen LogP) is 0.432. The lowest BCUT2D eigenvalue weighted by atomic mass is 10.2. The van der Waals surface area contributed by atoms with Crippen molar-refractivity contribution in [3.8, 4) is 0 Å². The molecule has 0 atom stereocenters. The topological polar surface area (TPSA) is 88.5 Å². The minimum absolute atomic E-state index is 0.00484. The number of nitrogens with one attached hydrogen (secondary N) is 1. The van der Waals surface area contributed by atoms with Gasteiger partial charge in [-0.15, -0.1) is 0 Å². The minimum Gasteiger partial charge on any atom is -0.478 e. The van der Waals surface area contributed by atoms with Crippen molar-refractivity contribution in [2.45, 2.75) is 13.5 Å². The van der Waals surface area contributed by atoms with E-state index in [4.69, 9.17) is 9.84 Å². The molecular formula is C11H14N2O4. The van der Waals surface area contributed by atoms with Gasteiger partial charge in [0, 0.05) is 12.8 Å². The van der Waals surface area contributed by atoms with Gasteiger partial charge in [0.2, 0.25) is 5.91 Å². The Morgan fingerprint density at radius 3 is 2.94 bits per heavy atom. The largest absolute Gasteiger partial charge is 0.478 e. The van der Waals surface area contributed by atoms with Crippen LogP contribution in [0.1, 0.15) is 23.0 Å². The number of amides is 1. The van der Waals surface area contributed by atoms with Gasteiger partial charge in [-0.25, -0.2) is 4.79 Å². The van der Waals surface area contributed by atoms with Crippen LogP contribution in [-0.2, 0) is 16.1 Å². The molecule has 0 saturated carbocycles. The molecule has 0 fully saturated rings. The monoisotopic (exact) mass is 238 g/mol. The average Bonchev–Trinajstić information content (AvgIpc) is 2.34. The summed E-state index contributed by atoms with van der Waals surface area (Å²) in [6.45, 7) is 2.45. The van der Waals surface area contributed by atoms with Crippen LogP contribution in [0, 0.1) is 0 Å². The van der Waals surface area contributed by atoms with Crippen LogP contribution in [0.3, 0.4) is 0 Å². The number of hydrogen-bond donors (Lipinski definition) is 2. The number of pyridine rings is 1. The fraction of sp³-hybridized carbons (Fsp3) is 0.364. The third-order valence-corrected chi connectivity index (χ3v) is 1.97. The van der Waals surface area contributed by atoms with Crippen LogP contribution in [0.4, 0.5) is 0 Å². The van der Waals surface area contributed by atoms with Gasteiger partial charge in [-0.1, -0.05) is 0 Å². The molecule has 1 aromatic rings. The van der Waals surface area contributed by atoms with Crippen molar-refractivity contribution in [2.75, 3.05) is 13.2 Å². The van der Waals surface area contributed by atoms with Gasteiger partial charge in [0.25, 0.3) is 0 Å². The highest BCUT2D eigenvalue weighted by molar-refractivity contribution is 5.87. The highest BCUT2D eigenvalue weighted by atomic mass is 16.5. The first-order chi connectivity index (χ1) is 8.13. The molecule has 17 heavy (non-hydrogen) atoms. The van der Waals surface area contributed by atoms with Gasteiger partial charge in [0.15, 0.2) is 0 Å². The molecule has 0 aromatic carbocycles. The minimum atomic E-state index is -1.02. The van der Waals surface area contributed by atoms with Crippen LogP contribution < -0.4 is 5.32 Å². The van der Waals surface area contributed by atoms with Gasteiger partial charge in [-0.3, -0.25) is 9.78 Å². The zero-order valence-corrected chi connectivity index (χ0v) is 9.47. The van der Waals surface area contributed by atoms with Crippen molar-refractivity contribution in [2.24, 2.45) is 0 Å². The first kappa shape index (κ1) is 13.1. The highest BCUT2D eigenvalue weighted by Crippen LogP contribution is 2.01. The number of carboxylic acid groups (broad SMARTS) is 1. The highest BCUT2D eigenvalue weighted by Gasteiger charge is 2.05. The molecule has 0 unspecified atom stereocenters. The summed E-state index contributed by atoms with van der Waals surface area (Å²) < 4.78 is 4.92. The Balaban J connectivity index is 2.49. The van der Waals surface area contributed by atoms with Crippen molar-refractivity contribution in [3.05, 3.63) is 29.6 Å². The van der Waals surface area contributed by atoms with Crippen molar-refractivity contribution in [3.63, 3.8) is 0 Å². The first-order valence-electron chi connectivity index (χ1n) is 5.16. The summed E-state index contributed by atoms with van der Waals surface area (Å²) in [5.74, 6) is -1.27. The fourth-order valence-corrected chi connectivity index (χ4v) is 1.14. The first-order valence-corrected chi connectivity index (χ1v) is 5.16. The Morgan fingerprint density at radius 1 is 1.53 bits per heavy atom. The van der Waals surface area contributed by atoms with Gasteiger partial charge in [-0.05, 0) is 19.1 Å². The molecule has 1 rings (SSSR count).